The minimum atomic E-state index is 0.0594. The van der Waals surface area contributed by atoms with Crippen LogP contribution < -0.4 is 10.2 Å². The van der Waals surface area contributed by atoms with Crippen LogP contribution in [0.5, 0.6) is 0 Å². The number of carbonyl (C=O) groups excluding carboxylic acids is 1. The Labute approximate surface area is 181 Å². The van der Waals surface area contributed by atoms with Gasteiger partial charge >= 0.3 is 0 Å². The molecule has 0 radical (unpaired) electrons. The number of para-hydroxylation sites is 2. The molecule has 31 heavy (non-hydrogen) atoms. The van der Waals surface area contributed by atoms with Crippen molar-refractivity contribution in [3.63, 3.8) is 0 Å². The van der Waals surface area contributed by atoms with E-state index in [1.165, 1.54) is 0 Å². The summed E-state index contributed by atoms with van der Waals surface area (Å²) in [6.07, 6.45) is 5.81. The van der Waals surface area contributed by atoms with E-state index >= 15 is 0 Å². The monoisotopic (exact) mass is 420 g/mol. The largest absolute Gasteiger partial charge is 0.381 e. The normalized spacial score (nSPS) is 19.7. The van der Waals surface area contributed by atoms with Crippen LogP contribution in [0.4, 0.5) is 5.95 Å². The van der Waals surface area contributed by atoms with Gasteiger partial charge in [0.2, 0.25) is 11.9 Å². The van der Waals surface area contributed by atoms with Crippen LogP contribution in [0.15, 0.2) is 36.5 Å². The number of aromatic nitrogens is 4. The molecule has 8 heteroatoms. The van der Waals surface area contributed by atoms with E-state index in [1.807, 2.05) is 36.5 Å². The van der Waals surface area contributed by atoms with Gasteiger partial charge in [-0.15, -0.1) is 0 Å². The Morgan fingerprint density at radius 2 is 2.03 bits per heavy atom. The molecule has 5 rings (SSSR count). The van der Waals surface area contributed by atoms with E-state index < -0.39 is 0 Å². The van der Waals surface area contributed by atoms with Crippen molar-refractivity contribution >= 4 is 22.9 Å². The Balaban J connectivity index is 1.13. The number of aryl methyl sites for hydroxylation is 1. The number of nitrogens with one attached hydrogen (secondary N) is 2. The van der Waals surface area contributed by atoms with Crippen molar-refractivity contribution in [2.75, 3.05) is 31.2 Å². The van der Waals surface area contributed by atoms with Crippen LogP contribution >= 0.6 is 0 Å². The quantitative estimate of drug-likeness (QED) is 0.636. The maximum atomic E-state index is 12.5. The summed E-state index contributed by atoms with van der Waals surface area (Å²) in [4.78, 5) is 31.8. The number of hydrogen-bond donors (Lipinski definition) is 2. The molecular weight excluding hydrogens is 392 g/mol. The maximum Gasteiger partial charge on any atom is 0.225 e. The first-order chi connectivity index (χ1) is 15.2. The van der Waals surface area contributed by atoms with E-state index in [0.29, 0.717) is 18.8 Å². The van der Waals surface area contributed by atoms with Gasteiger partial charge in [-0.05, 0) is 37.5 Å². The molecule has 2 saturated heterocycles. The second kappa shape index (κ2) is 9.01. The van der Waals surface area contributed by atoms with Crippen molar-refractivity contribution in [2.45, 2.75) is 44.1 Å². The first-order valence-corrected chi connectivity index (χ1v) is 11.1. The Bertz CT molecular complexity index is 1010. The minimum Gasteiger partial charge on any atom is -0.381 e. The topological polar surface area (TPSA) is 96.0 Å². The van der Waals surface area contributed by atoms with E-state index in [-0.39, 0.29) is 11.9 Å². The van der Waals surface area contributed by atoms with E-state index in [0.717, 1.165) is 74.1 Å². The van der Waals surface area contributed by atoms with Gasteiger partial charge in [0.25, 0.3) is 0 Å². The molecule has 2 N–H and O–H groups in total. The molecule has 0 saturated carbocycles. The van der Waals surface area contributed by atoms with Gasteiger partial charge in [-0.1, -0.05) is 12.1 Å². The molecule has 2 fully saturated rings. The van der Waals surface area contributed by atoms with Gasteiger partial charge < -0.3 is 19.9 Å². The van der Waals surface area contributed by atoms with Crippen molar-refractivity contribution in [2.24, 2.45) is 0 Å². The number of H-pyrrole nitrogens is 1. The molecule has 2 aliphatic rings. The number of fused-ring (bicyclic) bond motifs is 1. The second-order valence-electron chi connectivity index (χ2n) is 8.37. The van der Waals surface area contributed by atoms with Crippen LogP contribution in [-0.2, 0) is 16.0 Å². The average Bonchev–Trinajstić information content (AvgIpc) is 3.45. The lowest BCUT2D eigenvalue weighted by Crippen LogP contribution is -2.37. The van der Waals surface area contributed by atoms with Crippen LogP contribution in [-0.4, -0.2) is 58.2 Å². The molecule has 0 spiro atoms. The second-order valence-corrected chi connectivity index (χ2v) is 8.37. The molecule has 162 valence electrons. The molecule has 4 heterocycles. The van der Waals surface area contributed by atoms with Gasteiger partial charge in [0.15, 0.2) is 0 Å². The van der Waals surface area contributed by atoms with Crippen molar-refractivity contribution in [3.8, 4) is 0 Å². The summed E-state index contributed by atoms with van der Waals surface area (Å²) in [6.45, 7) is 3.20. The number of aromatic amines is 1. The molecule has 3 aromatic rings. The highest BCUT2D eigenvalue weighted by molar-refractivity contribution is 5.77. The van der Waals surface area contributed by atoms with Gasteiger partial charge in [-0.25, -0.2) is 15.0 Å². The van der Waals surface area contributed by atoms with Gasteiger partial charge in [-0.3, -0.25) is 4.79 Å². The summed E-state index contributed by atoms with van der Waals surface area (Å²) >= 11 is 0. The number of amides is 1. The Kier molecular flexibility index (Phi) is 5.80. The average molecular weight is 421 g/mol. The third-order valence-electron chi connectivity index (χ3n) is 6.17. The lowest BCUT2D eigenvalue weighted by Gasteiger charge is -2.23. The third-order valence-corrected chi connectivity index (χ3v) is 6.17. The standard InChI is InChI=1S/C23H28N6O2/c30-22(6-5-21-26-19-3-1-2-4-20(19)27-21)25-17-8-12-29(15-17)23-24-11-7-18(28-23)16-9-13-31-14-10-16/h1-4,7,11,16-17H,5-6,8-10,12-15H2,(H,25,30)(H,26,27). The predicted molar refractivity (Wildman–Crippen MR) is 118 cm³/mol. The molecule has 1 amide bonds. The first kappa shape index (κ1) is 19.9. The molecule has 2 aliphatic heterocycles. The van der Waals surface area contributed by atoms with Gasteiger partial charge in [0, 0.05) is 63.0 Å². The maximum absolute atomic E-state index is 12.5. The predicted octanol–water partition coefficient (Wildman–Crippen LogP) is 2.57. The highest BCUT2D eigenvalue weighted by Gasteiger charge is 2.26. The van der Waals surface area contributed by atoms with Crippen LogP contribution in [0.2, 0.25) is 0 Å². The molecule has 8 nitrogen and oxygen atoms in total. The summed E-state index contributed by atoms with van der Waals surface area (Å²) in [5, 5.41) is 3.17. The number of carbonyl (C=O) groups is 1. The SMILES string of the molecule is O=C(CCc1nc2ccccc2[nH]1)NC1CCN(c2nccc(C3CCOCC3)n2)C1. The number of imidazole rings is 1. The Morgan fingerprint density at radius 3 is 2.90 bits per heavy atom. The van der Waals surface area contributed by atoms with E-state index in [9.17, 15) is 4.79 Å². The van der Waals surface area contributed by atoms with Crippen molar-refractivity contribution in [1.29, 1.82) is 0 Å². The number of nitrogens with zero attached hydrogens (tertiary/aromatic N) is 4. The zero-order chi connectivity index (χ0) is 21.0. The van der Waals surface area contributed by atoms with Crippen LogP contribution in [0.1, 0.15) is 43.1 Å². The minimum absolute atomic E-state index is 0.0594. The van der Waals surface area contributed by atoms with Gasteiger partial charge in [0.1, 0.15) is 5.82 Å². The van der Waals surface area contributed by atoms with Crippen LogP contribution in [0.3, 0.4) is 0 Å². The number of ether oxygens (including phenoxy) is 1. The summed E-state index contributed by atoms with van der Waals surface area (Å²) in [7, 11) is 0. The lowest BCUT2D eigenvalue weighted by atomic mass is 9.96. The van der Waals surface area contributed by atoms with Crippen molar-refractivity contribution < 1.29 is 9.53 Å². The van der Waals surface area contributed by atoms with Gasteiger partial charge in [-0.2, -0.15) is 0 Å². The van der Waals surface area contributed by atoms with E-state index in [2.05, 4.69) is 25.2 Å². The van der Waals surface area contributed by atoms with Crippen LogP contribution in [0.25, 0.3) is 11.0 Å². The summed E-state index contributed by atoms with van der Waals surface area (Å²) in [6, 6.07) is 10.1. The van der Waals surface area contributed by atoms with Crippen molar-refractivity contribution in [3.05, 3.63) is 48.0 Å². The van der Waals surface area contributed by atoms with E-state index in [1.54, 1.807) is 0 Å². The fourth-order valence-electron chi connectivity index (χ4n) is 4.45. The smallest absolute Gasteiger partial charge is 0.225 e. The lowest BCUT2D eigenvalue weighted by molar-refractivity contribution is -0.121. The fraction of sp³-hybridized carbons (Fsp3) is 0.478. The Hall–Kier alpha value is -3.00. The van der Waals surface area contributed by atoms with E-state index in [4.69, 9.17) is 9.72 Å². The summed E-state index contributed by atoms with van der Waals surface area (Å²) in [5.41, 5.74) is 3.05. The first-order valence-electron chi connectivity index (χ1n) is 11.1. The number of hydrogen-bond acceptors (Lipinski definition) is 6. The van der Waals surface area contributed by atoms with Crippen molar-refractivity contribution in [1.82, 2.24) is 25.3 Å². The molecule has 1 atom stereocenters. The Morgan fingerprint density at radius 1 is 1.16 bits per heavy atom. The number of anilines is 1. The zero-order valence-corrected chi connectivity index (χ0v) is 17.6. The molecule has 0 bridgehead atoms. The molecular formula is C23H28N6O2. The molecule has 2 aromatic heterocycles. The number of rotatable bonds is 6. The highest BCUT2D eigenvalue weighted by atomic mass is 16.5. The zero-order valence-electron chi connectivity index (χ0n) is 17.6. The fourth-order valence-corrected chi connectivity index (χ4v) is 4.45. The van der Waals surface area contributed by atoms with Gasteiger partial charge in [0.05, 0.1) is 11.0 Å². The summed E-state index contributed by atoms with van der Waals surface area (Å²) in [5.74, 6) is 2.13. The summed E-state index contributed by atoms with van der Waals surface area (Å²) < 4.78 is 5.47. The molecule has 1 aromatic carbocycles. The van der Waals surface area contributed by atoms with Crippen LogP contribution in [0, 0.1) is 0 Å². The molecule has 0 aliphatic carbocycles. The highest BCUT2D eigenvalue weighted by Crippen LogP contribution is 2.26. The third kappa shape index (κ3) is 4.69. The number of benzene rings is 1. The molecule has 1 unspecified atom stereocenters.